The van der Waals surface area contributed by atoms with Gasteiger partial charge in [0.2, 0.25) is 17.7 Å². The van der Waals surface area contributed by atoms with E-state index in [1.54, 1.807) is 4.90 Å². The Balaban J connectivity index is 1.40. The van der Waals surface area contributed by atoms with E-state index in [1.807, 2.05) is 0 Å². The van der Waals surface area contributed by atoms with Gasteiger partial charge in [0.15, 0.2) is 0 Å². The summed E-state index contributed by atoms with van der Waals surface area (Å²) in [6.07, 6.45) is 3.25. The number of anilines is 2. The van der Waals surface area contributed by atoms with Crippen LogP contribution in [0.1, 0.15) is 41.6 Å². The molecule has 0 unspecified atom stereocenters. The lowest BCUT2D eigenvalue weighted by atomic mass is 9.95. The second-order valence-corrected chi connectivity index (χ2v) is 11.6. The molecule has 1 N–H and O–H groups in total. The van der Waals surface area contributed by atoms with Gasteiger partial charge in [-0.25, -0.2) is 4.98 Å². The molecule has 2 saturated heterocycles. The van der Waals surface area contributed by atoms with Gasteiger partial charge in [-0.05, 0) is 42.9 Å². The molecular weight excluding hydrogens is 554 g/mol. The van der Waals surface area contributed by atoms with Crippen molar-refractivity contribution in [1.29, 1.82) is 10.5 Å². The Morgan fingerprint density at radius 3 is 2.70 bits per heavy atom. The monoisotopic (exact) mass is 589 g/mol. The molecular formula is C34H35N7O3. The SMILES string of the molecule is C=CC(=O)N1CCN(c2c(C#N)c(OC[C@@H]3CCC(=O)N3)nc3c2CCN(c2cccc4cccc(C)c24)C3)C[C@@H]1CC#N. The van der Waals surface area contributed by atoms with Crippen molar-refractivity contribution < 1.29 is 14.3 Å². The second-order valence-electron chi connectivity index (χ2n) is 11.6. The topological polar surface area (TPSA) is 126 Å². The van der Waals surface area contributed by atoms with Crippen LogP contribution >= 0.6 is 0 Å². The van der Waals surface area contributed by atoms with Gasteiger partial charge < -0.3 is 24.8 Å². The Bertz CT molecular complexity index is 1720. The Morgan fingerprint density at radius 2 is 1.98 bits per heavy atom. The number of ether oxygens (including phenoxy) is 1. The van der Waals surface area contributed by atoms with E-state index >= 15 is 0 Å². The van der Waals surface area contributed by atoms with Crippen LogP contribution in [0.3, 0.4) is 0 Å². The number of nitrogens with zero attached hydrogens (tertiary/aromatic N) is 6. The zero-order valence-corrected chi connectivity index (χ0v) is 24.9. The summed E-state index contributed by atoms with van der Waals surface area (Å²) in [5, 5.41) is 25.4. The highest BCUT2D eigenvalue weighted by molar-refractivity contribution is 5.97. The van der Waals surface area contributed by atoms with Crippen LogP contribution in [0.5, 0.6) is 5.88 Å². The summed E-state index contributed by atoms with van der Waals surface area (Å²) in [6, 6.07) is 16.8. The molecule has 44 heavy (non-hydrogen) atoms. The molecule has 2 atom stereocenters. The average molecular weight is 590 g/mol. The van der Waals surface area contributed by atoms with Crippen molar-refractivity contribution in [3.63, 3.8) is 0 Å². The van der Waals surface area contributed by atoms with Gasteiger partial charge in [-0.2, -0.15) is 10.5 Å². The predicted octanol–water partition coefficient (Wildman–Crippen LogP) is 3.75. The number of fused-ring (bicyclic) bond motifs is 2. The van der Waals surface area contributed by atoms with Crippen molar-refractivity contribution in [3.05, 3.63) is 71.4 Å². The Hall–Kier alpha value is -5.09. The molecule has 0 radical (unpaired) electrons. The van der Waals surface area contributed by atoms with Gasteiger partial charge in [0, 0.05) is 49.2 Å². The van der Waals surface area contributed by atoms with E-state index in [2.05, 4.69) is 77.2 Å². The van der Waals surface area contributed by atoms with E-state index in [4.69, 9.17) is 9.72 Å². The normalized spacial score (nSPS) is 19.6. The molecule has 2 aromatic carbocycles. The lowest BCUT2D eigenvalue weighted by Crippen LogP contribution is -2.55. The summed E-state index contributed by atoms with van der Waals surface area (Å²) in [4.78, 5) is 35.5. The predicted molar refractivity (Wildman–Crippen MR) is 167 cm³/mol. The van der Waals surface area contributed by atoms with E-state index in [1.165, 1.54) is 22.4 Å². The smallest absolute Gasteiger partial charge is 0.246 e. The van der Waals surface area contributed by atoms with Gasteiger partial charge in [0.1, 0.15) is 18.2 Å². The molecule has 0 aliphatic carbocycles. The van der Waals surface area contributed by atoms with Crippen LogP contribution in [0, 0.1) is 29.6 Å². The van der Waals surface area contributed by atoms with Gasteiger partial charge in [0.05, 0.1) is 42.5 Å². The molecule has 0 saturated carbocycles. The summed E-state index contributed by atoms with van der Waals surface area (Å²) < 4.78 is 6.22. The fraction of sp³-hybridized carbons (Fsp3) is 0.382. The Morgan fingerprint density at radius 1 is 1.16 bits per heavy atom. The summed E-state index contributed by atoms with van der Waals surface area (Å²) in [5.74, 6) is 0.0419. The van der Waals surface area contributed by atoms with Crippen LogP contribution in [0.25, 0.3) is 10.8 Å². The number of aryl methyl sites for hydroxylation is 1. The molecule has 3 aromatic rings. The molecule has 4 heterocycles. The molecule has 10 heteroatoms. The first-order valence-corrected chi connectivity index (χ1v) is 15.1. The molecule has 10 nitrogen and oxygen atoms in total. The highest BCUT2D eigenvalue weighted by atomic mass is 16.5. The number of nitrogens with one attached hydrogen (secondary N) is 1. The third-order valence-electron chi connectivity index (χ3n) is 8.93. The summed E-state index contributed by atoms with van der Waals surface area (Å²) >= 11 is 0. The van der Waals surface area contributed by atoms with Crippen LogP contribution in [0.4, 0.5) is 11.4 Å². The van der Waals surface area contributed by atoms with E-state index in [0.29, 0.717) is 51.0 Å². The molecule has 2 fully saturated rings. The van der Waals surface area contributed by atoms with Crippen molar-refractivity contribution in [2.24, 2.45) is 0 Å². The number of carbonyl (C=O) groups is 2. The molecule has 0 spiro atoms. The lowest BCUT2D eigenvalue weighted by Gasteiger charge is -2.43. The largest absolute Gasteiger partial charge is 0.474 e. The Labute approximate surface area is 257 Å². The molecule has 224 valence electrons. The maximum atomic E-state index is 12.6. The number of benzene rings is 2. The van der Waals surface area contributed by atoms with Gasteiger partial charge in [-0.3, -0.25) is 9.59 Å². The molecule has 2 amide bonds. The number of hydrogen-bond acceptors (Lipinski definition) is 8. The number of aromatic nitrogens is 1. The fourth-order valence-corrected chi connectivity index (χ4v) is 6.79. The zero-order chi connectivity index (χ0) is 30.8. The first-order chi connectivity index (χ1) is 21.4. The minimum Gasteiger partial charge on any atom is -0.474 e. The third-order valence-corrected chi connectivity index (χ3v) is 8.93. The lowest BCUT2D eigenvalue weighted by molar-refractivity contribution is -0.128. The maximum Gasteiger partial charge on any atom is 0.246 e. The molecule has 3 aliphatic rings. The molecule has 6 rings (SSSR count). The van der Waals surface area contributed by atoms with Gasteiger partial charge in [-0.15, -0.1) is 0 Å². The van der Waals surface area contributed by atoms with Crippen LogP contribution in [0.2, 0.25) is 0 Å². The van der Waals surface area contributed by atoms with Crippen LogP contribution in [-0.4, -0.2) is 66.6 Å². The summed E-state index contributed by atoms with van der Waals surface area (Å²) in [5.41, 5.74) is 5.29. The first kappa shape index (κ1) is 29.0. The zero-order valence-electron chi connectivity index (χ0n) is 24.9. The van der Waals surface area contributed by atoms with Crippen molar-refractivity contribution in [2.75, 3.05) is 42.6 Å². The van der Waals surface area contributed by atoms with E-state index in [9.17, 15) is 20.1 Å². The first-order valence-electron chi connectivity index (χ1n) is 15.1. The standard InChI is InChI=1S/C34H35N7O3/c1-3-31(43)41-17-16-40(19-25(41)12-14-35)33-26-13-15-39(29-9-5-8-23-7-4-6-22(2)32(23)29)20-28(26)38-34(27(33)18-36)44-21-24-10-11-30(42)37-24/h3-9,24-25H,1,10-13,15-17,19-21H2,2H3,(H,37,42)/t24-,25-/m0/s1. The van der Waals surface area contributed by atoms with Crippen LogP contribution in [0.15, 0.2) is 49.1 Å². The van der Waals surface area contributed by atoms with Crippen molar-refractivity contribution in [3.8, 4) is 18.0 Å². The van der Waals surface area contributed by atoms with Crippen molar-refractivity contribution in [2.45, 2.75) is 51.2 Å². The highest BCUT2D eigenvalue weighted by Crippen LogP contribution is 2.40. The third kappa shape index (κ3) is 5.40. The fourth-order valence-electron chi connectivity index (χ4n) is 6.79. The van der Waals surface area contributed by atoms with E-state index < -0.39 is 0 Å². The number of pyridine rings is 1. The minimum atomic E-state index is -0.341. The number of hydrogen-bond donors (Lipinski definition) is 1. The number of piperazine rings is 1. The number of amides is 2. The minimum absolute atomic E-state index is 0.00491. The Kier molecular flexibility index (Phi) is 8.08. The van der Waals surface area contributed by atoms with Crippen molar-refractivity contribution >= 4 is 34.0 Å². The molecule has 0 bridgehead atoms. The van der Waals surface area contributed by atoms with Crippen LogP contribution < -0.4 is 19.9 Å². The quantitative estimate of drug-likeness (QED) is 0.413. The number of rotatable bonds is 7. The molecule has 1 aromatic heterocycles. The van der Waals surface area contributed by atoms with E-state index in [0.717, 1.165) is 29.2 Å². The number of carbonyl (C=O) groups excluding carboxylic acids is 2. The highest BCUT2D eigenvalue weighted by Gasteiger charge is 2.35. The van der Waals surface area contributed by atoms with Crippen molar-refractivity contribution in [1.82, 2.24) is 15.2 Å². The maximum absolute atomic E-state index is 12.6. The average Bonchev–Trinajstić information content (AvgIpc) is 3.47. The van der Waals surface area contributed by atoms with E-state index in [-0.39, 0.29) is 42.8 Å². The second kappa shape index (κ2) is 12.3. The summed E-state index contributed by atoms with van der Waals surface area (Å²) in [7, 11) is 0. The van der Waals surface area contributed by atoms with Gasteiger partial charge in [-0.1, -0.05) is 36.9 Å². The van der Waals surface area contributed by atoms with Crippen LogP contribution in [-0.2, 0) is 22.6 Å². The van der Waals surface area contributed by atoms with Gasteiger partial charge >= 0.3 is 0 Å². The summed E-state index contributed by atoms with van der Waals surface area (Å²) in [6.45, 7) is 8.56. The number of nitriles is 2. The molecule has 3 aliphatic heterocycles. The van der Waals surface area contributed by atoms with Gasteiger partial charge in [0.25, 0.3) is 0 Å².